The molecule has 0 aromatic carbocycles. The van der Waals surface area contributed by atoms with E-state index in [4.69, 9.17) is 17.3 Å². The molecule has 2 aromatic heterocycles. The minimum Gasteiger partial charge on any atom is -0.322 e. The molecule has 0 aliphatic carbocycles. The molecule has 5 heteroatoms. The first-order chi connectivity index (χ1) is 6.61. The van der Waals surface area contributed by atoms with Crippen molar-refractivity contribution in [2.45, 2.75) is 13.0 Å². The number of aromatic nitrogens is 2. The van der Waals surface area contributed by atoms with Gasteiger partial charge in [0.2, 0.25) is 0 Å². The third kappa shape index (κ3) is 1.43. The Balaban J connectivity index is 2.86. The predicted octanol–water partition coefficient (Wildman–Crippen LogP) is 2.77. The lowest BCUT2D eigenvalue weighted by atomic mass is 10.3. The second-order valence-electron chi connectivity index (χ2n) is 3.12. The van der Waals surface area contributed by atoms with E-state index in [9.17, 15) is 0 Å². The number of hydrogen-bond donors (Lipinski definition) is 1. The molecule has 3 nitrogen and oxygen atoms in total. The second kappa shape index (κ2) is 3.53. The summed E-state index contributed by atoms with van der Waals surface area (Å²) in [5.41, 5.74) is 6.67. The fourth-order valence-corrected chi connectivity index (χ4v) is 2.15. The van der Waals surface area contributed by atoms with Crippen molar-refractivity contribution >= 4 is 33.0 Å². The highest BCUT2D eigenvalue weighted by atomic mass is 79.9. The molecule has 0 aliphatic heterocycles. The Kier molecular flexibility index (Phi) is 2.51. The van der Waals surface area contributed by atoms with Gasteiger partial charge in [0.05, 0.1) is 16.2 Å². The molecule has 0 saturated heterocycles. The van der Waals surface area contributed by atoms with Crippen molar-refractivity contribution in [2.75, 3.05) is 0 Å². The fraction of sp³-hybridized carbons (Fsp3) is 0.222. The molecule has 2 N–H and O–H groups in total. The number of imidazole rings is 1. The molecule has 0 radical (unpaired) electrons. The van der Waals surface area contributed by atoms with Crippen LogP contribution in [-0.4, -0.2) is 9.38 Å². The minimum atomic E-state index is -0.145. The minimum absolute atomic E-state index is 0.145. The Morgan fingerprint density at radius 2 is 2.29 bits per heavy atom. The maximum atomic E-state index is 5.99. The molecule has 0 spiro atoms. The van der Waals surface area contributed by atoms with Crippen molar-refractivity contribution < 1.29 is 0 Å². The van der Waals surface area contributed by atoms with Crippen LogP contribution in [0.1, 0.15) is 18.8 Å². The Bertz CT molecular complexity index is 478. The van der Waals surface area contributed by atoms with Gasteiger partial charge in [-0.1, -0.05) is 17.7 Å². The highest BCUT2D eigenvalue weighted by molar-refractivity contribution is 9.10. The van der Waals surface area contributed by atoms with Crippen molar-refractivity contribution in [1.29, 1.82) is 0 Å². The third-order valence-corrected chi connectivity index (χ3v) is 2.90. The molecule has 2 heterocycles. The van der Waals surface area contributed by atoms with E-state index < -0.39 is 0 Å². The van der Waals surface area contributed by atoms with Crippen molar-refractivity contribution in [2.24, 2.45) is 5.73 Å². The molecule has 0 bridgehead atoms. The zero-order valence-electron chi connectivity index (χ0n) is 7.54. The number of nitrogens with two attached hydrogens (primary N) is 1. The number of halogens is 2. The Labute approximate surface area is 95.0 Å². The lowest BCUT2D eigenvalue weighted by molar-refractivity contribution is 0.731. The van der Waals surface area contributed by atoms with Gasteiger partial charge in [0.25, 0.3) is 0 Å². The van der Waals surface area contributed by atoms with Gasteiger partial charge in [0, 0.05) is 0 Å². The van der Waals surface area contributed by atoms with E-state index in [2.05, 4.69) is 20.9 Å². The van der Waals surface area contributed by atoms with Gasteiger partial charge in [-0.15, -0.1) is 0 Å². The maximum absolute atomic E-state index is 5.99. The normalized spacial score (nSPS) is 13.4. The van der Waals surface area contributed by atoms with Crippen LogP contribution in [0.15, 0.2) is 22.8 Å². The molecule has 0 aliphatic rings. The van der Waals surface area contributed by atoms with Crippen LogP contribution in [0.4, 0.5) is 0 Å². The number of pyridine rings is 1. The van der Waals surface area contributed by atoms with Gasteiger partial charge < -0.3 is 5.73 Å². The van der Waals surface area contributed by atoms with Gasteiger partial charge in [0.15, 0.2) is 5.15 Å². The molecular formula is C9H9BrClN3. The monoisotopic (exact) mass is 273 g/mol. The van der Waals surface area contributed by atoms with E-state index in [1.165, 1.54) is 0 Å². The number of hydrogen-bond acceptors (Lipinski definition) is 2. The second-order valence-corrected chi connectivity index (χ2v) is 4.29. The van der Waals surface area contributed by atoms with Crippen LogP contribution >= 0.6 is 27.5 Å². The van der Waals surface area contributed by atoms with Crippen LogP contribution in [0.5, 0.6) is 0 Å². The first kappa shape index (κ1) is 9.96. The number of rotatable bonds is 1. The Morgan fingerprint density at radius 1 is 1.57 bits per heavy atom. The molecule has 0 amide bonds. The summed E-state index contributed by atoms with van der Waals surface area (Å²) in [6, 6.07) is 5.61. The molecule has 1 unspecified atom stereocenters. The van der Waals surface area contributed by atoms with Gasteiger partial charge in [-0.2, -0.15) is 0 Å². The lowest BCUT2D eigenvalue weighted by Gasteiger charge is -2.05. The van der Waals surface area contributed by atoms with Crippen molar-refractivity contribution in [3.05, 3.63) is 33.8 Å². The topological polar surface area (TPSA) is 43.3 Å². The van der Waals surface area contributed by atoms with Gasteiger partial charge in [0.1, 0.15) is 5.82 Å². The van der Waals surface area contributed by atoms with Crippen molar-refractivity contribution in [3.8, 4) is 0 Å². The first-order valence-electron chi connectivity index (χ1n) is 4.19. The average Bonchev–Trinajstić information content (AvgIpc) is 2.46. The Hall–Kier alpha value is -0.580. The third-order valence-electron chi connectivity index (χ3n) is 2.00. The summed E-state index contributed by atoms with van der Waals surface area (Å²) >= 11 is 9.42. The molecular weight excluding hydrogens is 265 g/mol. The van der Waals surface area contributed by atoms with Crippen molar-refractivity contribution in [1.82, 2.24) is 9.38 Å². The van der Waals surface area contributed by atoms with Crippen LogP contribution in [0, 0.1) is 0 Å². The summed E-state index contributed by atoms with van der Waals surface area (Å²) in [6.45, 7) is 1.88. The molecule has 0 fully saturated rings. The smallest absolute Gasteiger partial charge is 0.155 e. The van der Waals surface area contributed by atoms with E-state index in [0.29, 0.717) is 5.15 Å². The molecule has 0 saturated carbocycles. The summed E-state index contributed by atoms with van der Waals surface area (Å²) in [5, 5.41) is 0.485. The van der Waals surface area contributed by atoms with Crippen LogP contribution in [0.2, 0.25) is 5.15 Å². The molecule has 2 rings (SSSR count). The summed E-state index contributed by atoms with van der Waals surface area (Å²) in [7, 11) is 0. The molecule has 2 aromatic rings. The van der Waals surface area contributed by atoms with Crippen LogP contribution in [0.3, 0.4) is 0 Å². The number of nitrogens with zero attached hydrogens (tertiary/aromatic N) is 2. The van der Waals surface area contributed by atoms with Gasteiger partial charge in [-0.3, -0.25) is 4.40 Å². The highest BCUT2D eigenvalue weighted by Crippen LogP contribution is 2.25. The average molecular weight is 275 g/mol. The van der Waals surface area contributed by atoms with Gasteiger partial charge in [-0.05, 0) is 35.0 Å². The van der Waals surface area contributed by atoms with E-state index in [-0.39, 0.29) is 6.04 Å². The maximum Gasteiger partial charge on any atom is 0.155 e. The summed E-state index contributed by atoms with van der Waals surface area (Å²) in [5.74, 6) is 0.762. The molecule has 1 atom stereocenters. The summed E-state index contributed by atoms with van der Waals surface area (Å²) in [4.78, 5) is 4.22. The standard InChI is InChI=1S/C9H9BrClN3/c1-5(12)9-13-8(11)6-3-2-4-7(10)14(6)9/h2-5H,12H2,1H3. The zero-order chi connectivity index (χ0) is 10.3. The highest BCUT2D eigenvalue weighted by Gasteiger charge is 2.13. The van der Waals surface area contributed by atoms with Crippen LogP contribution in [-0.2, 0) is 0 Å². The SMILES string of the molecule is CC(N)c1nc(Cl)c2cccc(Br)n12. The van der Waals surface area contributed by atoms with E-state index >= 15 is 0 Å². The predicted molar refractivity (Wildman–Crippen MR) is 60.5 cm³/mol. The van der Waals surface area contributed by atoms with E-state index in [1.54, 1.807) is 0 Å². The van der Waals surface area contributed by atoms with Gasteiger partial charge >= 0.3 is 0 Å². The first-order valence-corrected chi connectivity index (χ1v) is 5.36. The van der Waals surface area contributed by atoms with Crippen LogP contribution in [0.25, 0.3) is 5.52 Å². The van der Waals surface area contributed by atoms with Crippen LogP contribution < -0.4 is 5.73 Å². The van der Waals surface area contributed by atoms with Gasteiger partial charge in [-0.25, -0.2) is 4.98 Å². The zero-order valence-corrected chi connectivity index (χ0v) is 9.88. The van der Waals surface area contributed by atoms with E-state index in [0.717, 1.165) is 15.9 Å². The molecule has 74 valence electrons. The molecule has 14 heavy (non-hydrogen) atoms. The lowest BCUT2D eigenvalue weighted by Crippen LogP contribution is -2.10. The largest absolute Gasteiger partial charge is 0.322 e. The summed E-state index contributed by atoms with van der Waals surface area (Å²) < 4.78 is 2.81. The Morgan fingerprint density at radius 3 is 2.93 bits per heavy atom. The number of fused-ring (bicyclic) bond motifs is 1. The fourth-order valence-electron chi connectivity index (χ4n) is 1.39. The van der Waals surface area contributed by atoms with Crippen molar-refractivity contribution in [3.63, 3.8) is 0 Å². The quantitative estimate of drug-likeness (QED) is 0.813. The summed E-state index contributed by atoms with van der Waals surface area (Å²) in [6.07, 6.45) is 0. The van der Waals surface area contributed by atoms with E-state index in [1.807, 2.05) is 29.5 Å².